The number of aryl methyl sites for hydroxylation is 2. The highest BCUT2D eigenvalue weighted by Gasteiger charge is 2.00. The second kappa shape index (κ2) is 5.80. The lowest BCUT2D eigenvalue weighted by Gasteiger charge is -2.04. The van der Waals surface area contributed by atoms with Gasteiger partial charge in [0.2, 0.25) is 5.16 Å². The van der Waals surface area contributed by atoms with E-state index in [-0.39, 0.29) is 0 Å². The van der Waals surface area contributed by atoms with Crippen LogP contribution < -0.4 is 4.72 Å². The SMILES string of the molecule is Cc1cc(C)nc(SNCc2ccccc2)n1. The lowest BCUT2D eigenvalue weighted by Crippen LogP contribution is -2.05. The maximum absolute atomic E-state index is 4.35. The maximum Gasteiger partial charge on any atom is 0.203 e. The van der Waals surface area contributed by atoms with Gasteiger partial charge in [0.25, 0.3) is 0 Å². The Hall–Kier alpha value is -1.39. The van der Waals surface area contributed by atoms with Gasteiger partial charge in [0.05, 0.1) is 0 Å². The van der Waals surface area contributed by atoms with Crippen molar-refractivity contribution in [3.05, 3.63) is 53.3 Å². The number of hydrogen-bond acceptors (Lipinski definition) is 4. The summed E-state index contributed by atoms with van der Waals surface area (Å²) in [6, 6.07) is 12.3. The van der Waals surface area contributed by atoms with E-state index in [9.17, 15) is 0 Å². The van der Waals surface area contributed by atoms with Gasteiger partial charge in [0, 0.05) is 17.9 Å². The third kappa shape index (κ3) is 3.84. The van der Waals surface area contributed by atoms with Crippen LogP contribution in [0.2, 0.25) is 0 Å². The van der Waals surface area contributed by atoms with Crippen molar-refractivity contribution in [2.24, 2.45) is 0 Å². The number of hydrogen-bond donors (Lipinski definition) is 1. The summed E-state index contributed by atoms with van der Waals surface area (Å²) in [6.07, 6.45) is 0. The molecule has 0 aliphatic heterocycles. The second-order valence-electron chi connectivity index (χ2n) is 3.84. The van der Waals surface area contributed by atoms with Gasteiger partial charge in [-0.25, -0.2) is 9.97 Å². The van der Waals surface area contributed by atoms with Crippen LogP contribution in [0.5, 0.6) is 0 Å². The zero-order valence-corrected chi connectivity index (χ0v) is 10.8. The second-order valence-corrected chi connectivity index (χ2v) is 4.70. The first-order valence-corrected chi connectivity index (χ1v) is 6.31. The van der Waals surface area contributed by atoms with E-state index in [2.05, 4.69) is 26.8 Å². The Kier molecular flexibility index (Phi) is 4.12. The molecule has 1 aromatic carbocycles. The molecule has 0 spiro atoms. The van der Waals surface area contributed by atoms with Gasteiger partial charge in [0.1, 0.15) is 0 Å². The van der Waals surface area contributed by atoms with Crippen molar-refractivity contribution in [2.75, 3.05) is 0 Å². The van der Waals surface area contributed by atoms with Gasteiger partial charge in [-0.15, -0.1) is 0 Å². The first-order chi connectivity index (χ1) is 8.24. The van der Waals surface area contributed by atoms with Crippen LogP contribution in [-0.4, -0.2) is 9.97 Å². The minimum Gasteiger partial charge on any atom is -0.253 e. The van der Waals surface area contributed by atoms with Crippen molar-refractivity contribution in [1.29, 1.82) is 0 Å². The quantitative estimate of drug-likeness (QED) is 0.664. The van der Waals surface area contributed by atoms with E-state index in [4.69, 9.17) is 0 Å². The van der Waals surface area contributed by atoms with E-state index in [1.165, 1.54) is 17.5 Å². The molecule has 17 heavy (non-hydrogen) atoms. The Labute approximate surface area is 106 Å². The Bertz CT molecular complexity index is 465. The molecular formula is C13H15N3S. The molecular weight excluding hydrogens is 230 g/mol. The third-order valence-corrected chi connectivity index (χ3v) is 2.90. The van der Waals surface area contributed by atoms with Gasteiger partial charge in [-0.3, -0.25) is 4.72 Å². The van der Waals surface area contributed by atoms with Crippen molar-refractivity contribution < 1.29 is 0 Å². The number of nitrogens with zero attached hydrogens (tertiary/aromatic N) is 2. The fourth-order valence-corrected chi connectivity index (χ4v) is 2.27. The Morgan fingerprint density at radius 1 is 1.06 bits per heavy atom. The smallest absolute Gasteiger partial charge is 0.203 e. The van der Waals surface area contributed by atoms with Crippen molar-refractivity contribution >= 4 is 11.9 Å². The van der Waals surface area contributed by atoms with E-state index in [1.807, 2.05) is 38.1 Å². The van der Waals surface area contributed by atoms with Crippen molar-refractivity contribution in [3.8, 4) is 0 Å². The number of benzene rings is 1. The normalized spacial score (nSPS) is 10.5. The highest BCUT2D eigenvalue weighted by molar-refractivity contribution is 7.97. The van der Waals surface area contributed by atoms with Crippen LogP contribution in [-0.2, 0) is 6.54 Å². The van der Waals surface area contributed by atoms with Gasteiger partial charge in [-0.2, -0.15) is 0 Å². The summed E-state index contributed by atoms with van der Waals surface area (Å²) < 4.78 is 3.26. The van der Waals surface area contributed by atoms with Crippen molar-refractivity contribution in [1.82, 2.24) is 14.7 Å². The highest BCUT2D eigenvalue weighted by Crippen LogP contribution is 2.11. The topological polar surface area (TPSA) is 37.8 Å². The van der Waals surface area contributed by atoms with E-state index >= 15 is 0 Å². The van der Waals surface area contributed by atoms with E-state index in [0.29, 0.717) is 0 Å². The zero-order chi connectivity index (χ0) is 12.1. The fraction of sp³-hybridized carbons (Fsp3) is 0.231. The molecule has 0 radical (unpaired) electrons. The highest BCUT2D eigenvalue weighted by atomic mass is 32.2. The van der Waals surface area contributed by atoms with E-state index in [0.717, 1.165) is 23.1 Å². The zero-order valence-electron chi connectivity index (χ0n) is 9.97. The van der Waals surface area contributed by atoms with Crippen LogP contribution in [0.4, 0.5) is 0 Å². The molecule has 2 rings (SSSR count). The van der Waals surface area contributed by atoms with E-state index in [1.54, 1.807) is 0 Å². The lowest BCUT2D eigenvalue weighted by molar-refractivity contribution is 0.883. The summed E-state index contributed by atoms with van der Waals surface area (Å²) in [5, 5.41) is 0.776. The Balaban J connectivity index is 1.90. The van der Waals surface area contributed by atoms with Crippen molar-refractivity contribution in [2.45, 2.75) is 25.5 Å². The molecule has 3 nitrogen and oxygen atoms in total. The summed E-state index contributed by atoms with van der Waals surface area (Å²) in [5.41, 5.74) is 3.26. The van der Waals surface area contributed by atoms with Gasteiger partial charge in [-0.1, -0.05) is 30.3 Å². The molecule has 0 atom stereocenters. The molecule has 0 bridgehead atoms. The summed E-state index contributed by atoms with van der Waals surface area (Å²) in [4.78, 5) is 8.71. The standard InChI is InChI=1S/C13H15N3S/c1-10-8-11(2)16-13(15-10)17-14-9-12-6-4-3-5-7-12/h3-8,14H,9H2,1-2H3. The van der Waals surface area contributed by atoms with Crippen LogP contribution in [0.1, 0.15) is 17.0 Å². The number of nitrogens with one attached hydrogen (secondary N) is 1. The molecule has 88 valence electrons. The monoisotopic (exact) mass is 245 g/mol. The Morgan fingerprint density at radius 3 is 2.35 bits per heavy atom. The summed E-state index contributed by atoms with van der Waals surface area (Å²) >= 11 is 1.47. The van der Waals surface area contributed by atoms with Crippen LogP contribution in [0.25, 0.3) is 0 Å². The summed E-state index contributed by atoms with van der Waals surface area (Å²) in [6.45, 7) is 4.77. The first kappa shape index (κ1) is 12.1. The fourth-order valence-electron chi connectivity index (χ4n) is 1.52. The first-order valence-electron chi connectivity index (χ1n) is 5.50. The molecule has 0 aliphatic carbocycles. The molecule has 0 unspecified atom stereocenters. The van der Waals surface area contributed by atoms with Crippen LogP contribution in [0, 0.1) is 13.8 Å². The maximum atomic E-state index is 4.35. The minimum absolute atomic E-state index is 0.776. The minimum atomic E-state index is 0.776. The number of rotatable bonds is 4. The van der Waals surface area contributed by atoms with Crippen LogP contribution in [0.3, 0.4) is 0 Å². The lowest BCUT2D eigenvalue weighted by atomic mass is 10.2. The van der Waals surface area contributed by atoms with Gasteiger partial charge in [0.15, 0.2) is 0 Å². The third-order valence-electron chi connectivity index (χ3n) is 2.24. The average Bonchev–Trinajstić information content (AvgIpc) is 2.29. The molecule has 1 aromatic heterocycles. The van der Waals surface area contributed by atoms with E-state index < -0.39 is 0 Å². The van der Waals surface area contributed by atoms with Gasteiger partial charge < -0.3 is 0 Å². The van der Waals surface area contributed by atoms with Crippen LogP contribution >= 0.6 is 11.9 Å². The summed E-state index contributed by atoms with van der Waals surface area (Å²) in [5.74, 6) is 0. The van der Waals surface area contributed by atoms with Gasteiger partial charge in [-0.05, 0) is 37.4 Å². The molecule has 0 saturated heterocycles. The van der Waals surface area contributed by atoms with Crippen LogP contribution in [0.15, 0.2) is 41.6 Å². The molecule has 0 amide bonds. The largest absolute Gasteiger partial charge is 0.253 e. The molecule has 0 aliphatic rings. The van der Waals surface area contributed by atoms with Gasteiger partial charge >= 0.3 is 0 Å². The van der Waals surface area contributed by atoms with Crippen molar-refractivity contribution in [3.63, 3.8) is 0 Å². The summed E-state index contributed by atoms with van der Waals surface area (Å²) in [7, 11) is 0. The molecule has 2 aromatic rings. The predicted molar refractivity (Wildman–Crippen MR) is 70.6 cm³/mol. The molecule has 1 heterocycles. The molecule has 0 fully saturated rings. The molecule has 4 heteroatoms. The number of aromatic nitrogens is 2. The molecule has 1 N–H and O–H groups in total. The Morgan fingerprint density at radius 2 is 1.71 bits per heavy atom. The average molecular weight is 245 g/mol. The predicted octanol–water partition coefficient (Wildman–Crippen LogP) is 2.89. The molecule has 0 saturated carbocycles.